The van der Waals surface area contributed by atoms with Gasteiger partial charge in [-0.05, 0) is 12.1 Å². The SMILES string of the molecule is O=C(N[C@@H](CCO)C(=O)O)c1ccc(Cl)nc1. The molecular weight excluding hydrogens is 248 g/mol. The van der Waals surface area contributed by atoms with E-state index in [9.17, 15) is 9.59 Å². The Morgan fingerprint density at radius 1 is 1.47 bits per heavy atom. The minimum atomic E-state index is -1.20. The topological polar surface area (TPSA) is 99.5 Å². The molecule has 3 N–H and O–H groups in total. The van der Waals surface area contributed by atoms with Crippen LogP contribution in [0.4, 0.5) is 0 Å². The Balaban J connectivity index is 2.70. The number of aromatic nitrogens is 1. The van der Waals surface area contributed by atoms with Crippen molar-refractivity contribution < 1.29 is 19.8 Å². The van der Waals surface area contributed by atoms with Gasteiger partial charge in [0, 0.05) is 19.2 Å². The third-order valence-corrected chi connectivity index (χ3v) is 2.23. The van der Waals surface area contributed by atoms with E-state index < -0.39 is 17.9 Å². The lowest BCUT2D eigenvalue weighted by Crippen LogP contribution is -2.41. The minimum Gasteiger partial charge on any atom is -0.480 e. The molecule has 0 saturated heterocycles. The summed E-state index contributed by atoms with van der Waals surface area (Å²) in [5.74, 6) is -1.77. The van der Waals surface area contributed by atoms with Gasteiger partial charge in [-0.15, -0.1) is 0 Å². The van der Waals surface area contributed by atoms with E-state index in [4.69, 9.17) is 21.8 Å². The van der Waals surface area contributed by atoms with Crippen molar-refractivity contribution in [3.05, 3.63) is 29.0 Å². The molecule has 1 amide bonds. The first kappa shape index (κ1) is 13.4. The number of aliphatic hydroxyl groups is 1. The van der Waals surface area contributed by atoms with Crippen LogP contribution in [0.2, 0.25) is 5.15 Å². The van der Waals surface area contributed by atoms with Gasteiger partial charge in [-0.25, -0.2) is 9.78 Å². The van der Waals surface area contributed by atoms with Gasteiger partial charge in [0.05, 0.1) is 5.56 Å². The highest BCUT2D eigenvalue weighted by Crippen LogP contribution is 2.05. The van der Waals surface area contributed by atoms with Gasteiger partial charge in [-0.2, -0.15) is 0 Å². The van der Waals surface area contributed by atoms with Crippen LogP contribution in [-0.2, 0) is 4.79 Å². The summed E-state index contributed by atoms with van der Waals surface area (Å²) < 4.78 is 0. The third kappa shape index (κ3) is 4.01. The molecule has 0 bridgehead atoms. The molecule has 0 aliphatic rings. The molecule has 1 atom stereocenters. The summed E-state index contributed by atoms with van der Waals surface area (Å²) in [7, 11) is 0. The Morgan fingerprint density at radius 2 is 2.18 bits per heavy atom. The summed E-state index contributed by atoms with van der Waals surface area (Å²) in [5.41, 5.74) is 0.207. The molecule has 17 heavy (non-hydrogen) atoms. The standard InChI is InChI=1S/C10H11ClN2O4/c11-8-2-1-6(5-12-8)9(15)13-7(3-4-14)10(16)17/h1-2,5,7,14H,3-4H2,(H,13,15)(H,16,17)/t7-/m0/s1. The molecule has 6 nitrogen and oxygen atoms in total. The summed E-state index contributed by atoms with van der Waals surface area (Å²) in [5, 5.41) is 20.0. The molecule has 0 fully saturated rings. The van der Waals surface area contributed by atoms with Crippen molar-refractivity contribution >= 4 is 23.5 Å². The van der Waals surface area contributed by atoms with Gasteiger partial charge in [0.15, 0.2) is 0 Å². The fourth-order valence-electron chi connectivity index (χ4n) is 1.14. The first-order valence-corrected chi connectivity index (χ1v) is 5.18. The highest BCUT2D eigenvalue weighted by Gasteiger charge is 2.19. The van der Waals surface area contributed by atoms with Crippen molar-refractivity contribution in [1.29, 1.82) is 0 Å². The van der Waals surface area contributed by atoms with Crippen LogP contribution in [0.1, 0.15) is 16.8 Å². The fraction of sp³-hybridized carbons (Fsp3) is 0.300. The second-order valence-electron chi connectivity index (χ2n) is 3.25. The molecule has 0 aromatic carbocycles. The number of carboxylic acid groups (broad SMARTS) is 1. The first-order valence-electron chi connectivity index (χ1n) is 4.80. The molecule has 1 aromatic rings. The molecule has 0 radical (unpaired) electrons. The second kappa shape index (κ2) is 6.17. The van der Waals surface area contributed by atoms with Gasteiger partial charge in [0.25, 0.3) is 5.91 Å². The van der Waals surface area contributed by atoms with Crippen LogP contribution in [-0.4, -0.2) is 39.7 Å². The second-order valence-corrected chi connectivity index (χ2v) is 3.63. The van der Waals surface area contributed by atoms with Crippen molar-refractivity contribution in [3.63, 3.8) is 0 Å². The van der Waals surface area contributed by atoms with Crippen LogP contribution < -0.4 is 5.32 Å². The number of hydrogen-bond donors (Lipinski definition) is 3. The first-order chi connectivity index (χ1) is 8.04. The van der Waals surface area contributed by atoms with Crippen molar-refractivity contribution in [2.75, 3.05) is 6.61 Å². The van der Waals surface area contributed by atoms with E-state index in [0.717, 1.165) is 0 Å². The number of pyridine rings is 1. The zero-order valence-corrected chi connectivity index (χ0v) is 9.52. The zero-order chi connectivity index (χ0) is 12.8. The summed E-state index contributed by atoms with van der Waals surface area (Å²) in [4.78, 5) is 26.1. The number of amides is 1. The number of aliphatic carboxylic acids is 1. The van der Waals surface area contributed by atoms with Crippen LogP contribution in [0, 0.1) is 0 Å². The van der Waals surface area contributed by atoms with Gasteiger partial charge in [0.2, 0.25) is 0 Å². The quantitative estimate of drug-likeness (QED) is 0.660. The number of rotatable bonds is 5. The Labute approximate surface area is 102 Å². The van der Waals surface area contributed by atoms with Gasteiger partial charge >= 0.3 is 5.97 Å². The average Bonchev–Trinajstić information content (AvgIpc) is 2.29. The maximum absolute atomic E-state index is 11.6. The molecule has 0 saturated carbocycles. The summed E-state index contributed by atoms with van der Waals surface area (Å²) in [6.07, 6.45) is 1.19. The molecule has 1 aromatic heterocycles. The van der Waals surface area contributed by atoms with Gasteiger partial charge in [0.1, 0.15) is 11.2 Å². The van der Waals surface area contributed by atoms with Crippen LogP contribution in [0.15, 0.2) is 18.3 Å². The normalized spacial score (nSPS) is 11.9. The van der Waals surface area contributed by atoms with Gasteiger partial charge in [-0.3, -0.25) is 4.79 Å². The molecule has 7 heteroatoms. The number of carbonyl (C=O) groups is 2. The third-order valence-electron chi connectivity index (χ3n) is 2.01. The molecule has 0 unspecified atom stereocenters. The zero-order valence-electron chi connectivity index (χ0n) is 8.76. The van der Waals surface area contributed by atoms with E-state index in [0.29, 0.717) is 0 Å². The molecular formula is C10H11ClN2O4. The minimum absolute atomic E-state index is 0.0535. The average molecular weight is 259 g/mol. The number of nitrogens with one attached hydrogen (secondary N) is 1. The van der Waals surface area contributed by atoms with E-state index in [1.165, 1.54) is 18.3 Å². The lowest BCUT2D eigenvalue weighted by Gasteiger charge is -2.12. The molecule has 0 aliphatic carbocycles. The number of carboxylic acids is 1. The summed E-state index contributed by atoms with van der Waals surface area (Å²) in [6.45, 7) is -0.323. The molecule has 0 aliphatic heterocycles. The monoisotopic (exact) mass is 258 g/mol. The smallest absolute Gasteiger partial charge is 0.326 e. The lowest BCUT2D eigenvalue weighted by atomic mass is 10.2. The maximum Gasteiger partial charge on any atom is 0.326 e. The fourth-order valence-corrected chi connectivity index (χ4v) is 1.25. The predicted octanol–water partition coefficient (Wildman–Crippen LogP) is 0.300. The Morgan fingerprint density at radius 3 is 2.65 bits per heavy atom. The van der Waals surface area contributed by atoms with E-state index in [1.54, 1.807) is 0 Å². The van der Waals surface area contributed by atoms with Crippen LogP contribution in [0.3, 0.4) is 0 Å². The van der Waals surface area contributed by atoms with Gasteiger partial charge in [-0.1, -0.05) is 11.6 Å². The van der Waals surface area contributed by atoms with Crippen molar-refractivity contribution in [2.24, 2.45) is 0 Å². The molecule has 0 spiro atoms. The number of hydrogen-bond acceptors (Lipinski definition) is 4. The van der Waals surface area contributed by atoms with Crippen LogP contribution in [0.5, 0.6) is 0 Å². The van der Waals surface area contributed by atoms with E-state index in [-0.39, 0.29) is 23.7 Å². The maximum atomic E-state index is 11.6. The Bertz CT molecular complexity index is 407. The van der Waals surface area contributed by atoms with E-state index in [2.05, 4.69) is 10.3 Å². The molecule has 1 heterocycles. The number of carbonyl (C=O) groups excluding carboxylic acids is 1. The van der Waals surface area contributed by atoms with Crippen molar-refractivity contribution in [1.82, 2.24) is 10.3 Å². The molecule has 1 rings (SSSR count). The lowest BCUT2D eigenvalue weighted by molar-refractivity contribution is -0.139. The van der Waals surface area contributed by atoms with Crippen molar-refractivity contribution in [3.8, 4) is 0 Å². The van der Waals surface area contributed by atoms with Crippen molar-refractivity contribution in [2.45, 2.75) is 12.5 Å². The number of aliphatic hydroxyl groups excluding tert-OH is 1. The highest BCUT2D eigenvalue weighted by atomic mass is 35.5. The number of nitrogens with zero attached hydrogens (tertiary/aromatic N) is 1. The predicted molar refractivity (Wildman–Crippen MR) is 59.8 cm³/mol. The highest BCUT2D eigenvalue weighted by molar-refractivity contribution is 6.29. The largest absolute Gasteiger partial charge is 0.480 e. The van der Waals surface area contributed by atoms with Gasteiger partial charge < -0.3 is 15.5 Å². The van der Waals surface area contributed by atoms with Crippen LogP contribution >= 0.6 is 11.6 Å². The Kier molecular flexibility index (Phi) is 4.86. The van der Waals surface area contributed by atoms with E-state index in [1.807, 2.05) is 0 Å². The molecule has 92 valence electrons. The van der Waals surface area contributed by atoms with E-state index >= 15 is 0 Å². The number of halogens is 1. The van der Waals surface area contributed by atoms with Crippen LogP contribution in [0.25, 0.3) is 0 Å². The summed E-state index contributed by atoms with van der Waals surface area (Å²) in [6, 6.07) is 1.74. The summed E-state index contributed by atoms with van der Waals surface area (Å²) >= 11 is 5.55. The Hall–Kier alpha value is -1.66.